The number of rotatable bonds is 3. The molecule has 0 fully saturated rings. The van der Waals surface area contributed by atoms with Gasteiger partial charge in [-0.15, -0.1) is 0 Å². The van der Waals surface area contributed by atoms with E-state index in [1.807, 2.05) is 37.3 Å². The highest BCUT2D eigenvalue weighted by Gasteiger charge is 1.99. The minimum absolute atomic E-state index is 0.567. The average Bonchev–Trinajstić information content (AvgIpc) is 2.32. The zero-order valence-corrected chi connectivity index (χ0v) is 8.55. The Morgan fingerprint density at radius 3 is 2.47 bits per heavy atom. The van der Waals surface area contributed by atoms with Crippen molar-refractivity contribution < 1.29 is 4.74 Å². The molecule has 2 rings (SSSR count). The van der Waals surface area contributed by atoms with Gasteiger partial charge in [-0.3, -0.25) is 0 Å². The maximum absolute atomic E-state index is 5.22. The van der Waals surface area contributed by atoms with Crippen LogP contribution in [0.2, 0.25) is 0 Å². The molecule has 1 aromatic heterocycles. The Kier molecular flexibility index (Phi) is 2.93. The summed E-state index contributed by atoms with van der Waals surface area (Å²) in [6, 6.07) is 9.95. The van der Waals surface area contributed by atoms with E-state index in [0.29, 0.717) is 12.5 Å². The average molecular weight is 200 g/mol. The predicted molar refractivity (Wildman–Crippen MR) is 58.6 cm³/mol. The van der Waals surface area contributed by atoms with E-state index < -0.39 is 0 Å². The standard InChI is InChI=1S/C12H12N2O/c1-2-15-12-9-13-11(8-14-12)10-6-4-3-5-7-10/h3-9H,2H2,1H3. The second-order valence-electron chi connectivity index (χ2n) is 3.04. The summed E-state index contributed by atoms with van der Waals surface area (Å²) in [6.07, 6.45) is 3.37. The molecule has 0 saturated carbocycles. The number of benzene rings is 1. The molecule has 0 aliphatic carbocycles. The Hall–Kier alpha value is -1.90. The first kappa shape index (κ1) is 9.65. The fraction of sp³-hybridized carbons (Fsp3) is 0.167. The molecular formula is C12H12N2O. The normalized spacial score (nSPS) is 9.93. The summed E-state index contributed by atoms with van der Waals surface area (Å²) in [5, 5.41) is 0. The summed E-state index contributed by atoms with van der Waals surface area (Å²) in [4.78, 5) is 8.44. The smallest absolute Gasteiger partial charge is 0.232 e. The van der Waals surface area contributed by atoms with Crippen LogP contribution in [0.4, 0.5) is 0 Å². The molecule has 0 spiro atoms. The second kappa shape index (κ2) is 4.55. The molecule has 0 N–H and O–H groups in total. The zero-order valence-electron chi connectivity index (χ0n) is 8.55. The van der Waals surface area contributed by atoms with Gasteiger partial charge in [-0.1, -0.05) is 30.3 Å². The summed E-state index contributed by atoms with van der Waals surface area (Å²) >= 11 is 0. The van der Waals surface area contributed by atoms with Gasteiger partial charge in [0, 0.05) is 5.56 Å². The number of ether oxygens (including phenoxy) is 1. The molecule has 0 aliphatic rings. The number of aromatic nitrogens is 2. The van der Waals surface area contributed by atoms with Crippen molar-refractivity contribution in [3.8, 4) is 17.1 Å². The lowest BCUT2D eigenvalue weighted by molar-refractivity contribution is 0.325. The summed E-state index contributed by atoms with van der Waals surface area (Å²) in [7, 11) is 0. The Morgan fingerprint density at radius 2 is 1.87 bits per heavy atom. The van der Waals surface area contributed by atoms with Gasteiger partial charge in [-0.2, -0.15) is 0 Å². The first-order valence-electron chi connectivity index (χ1n) is 4.90. The van der Waals surface area contributed by atoms with E-state index in [0.717, 1.165) is 11.3 Å². The molecular weight excluding hydrogens is 188 g/mol. The van der Waals surface area contributed by atoms with E-state index >= 15 is 0 Å². The van der Waals surface area contributed by atoms with Gasteiger partial charge in [0.1, 0.15) is 0 Å². The molecule has 0 saturated heterocycles. The Labute approximate surface area is 88.8 Å². The Balaban J connectivity index is 2.24. The van der Waals surface area contributed by atoms with Gasteiger partial charge in [0.2, 0.25) is 5.88 Å². The summed E-state index contributed by atoms with van der Waals surface area (Å²) in [6.45, 7) is 2.53. The largest absolute Gasteiger partial charge is 0.477 e. The van der Waals surface area contributed by atoms with E-state index in [9.17, 15) is 0 Å². The molecule has 3 heteroatoms. The van der Waals surface area contributed by atoms with Crippen LogP contribution in [0.25, 0.3) is 11.3 Å². The topological polar surface area (TPSA) is 35.0 Å². The van der Waals surface area contributed by atoms with Gasteiger partial charge >= 0.3 is 0 Å². The second-order valence-corrected chi connectivity index (χ2v) is 3.04. The van der Waals surface area contributed by atoms with Crippen LogP contribution in [-0.4, -0.2) is 16.6 Å². The van der Waals surface area contributed by atoms with Crippen molar-refractivity contribution in [1.82, 2.24) is 9.97 Å². The molecule has 0 unspecified atom stereocenters. The van der Waals surface area contributed by atoms with Crippen molar-refractivity contribution in [1.29, 1.82) is 0 Å². The fourth-order valence-corrected chi connectivity index (χ4v) is 1.30. The monoisotopic (exact) mass is 200 g/mol. The summed E-state index contributed by atoms with van der Waals surface area (Å²) < 4.78 is 5.22. The van der Waals surface area contributed by atoms with Gasteiger partial charge in [0.25, 0.3) is 0 Å². The minimum atomic E-state index is 0.567. The molecule has 0 radical (unpaired) electrons. The summed E-state index contributed by atoms with van der Waals surface area (Å²) in [5.74, 6) is 0.567. The van der Waals surface area contributed by atoms with Crippen molar-refractivity contribution >= 4 is 0 Å². The number of hydrogen-bond acceptors (Lipinski definition) is 3. The van der Waals surface area contributed by atoms with Crippen molar-refractivity contribution in [2.24, 2.45) is 0 Å². The van der Waals surface area contributed by atoms with Crippen LogP contribution in [0.3, 0.4) is 0 Å². The lowest BCUT2D eigenvalue weighted by Crippen LogP contribution is -1.95. The van der Waals surface area contributed by atoms with E-state index in [4.69, 9.17) is 4.74 Å². The van der Waals surface area contributed by atoms with Crippen LogP contribution in [-0.2, 0) is 0 Å². The third-order valence-electron chi connectivity index (χ3n) is 1.99. The molecule has 15 heavy (non-hydrogen) atoms. The van der Waals surface area contributed by atoms with E-state index in [-0.39, 0.29) is 0 Å². The van der Waals surface area contributed by atoms with Gasteiger partial charge < -0.3 is 4.74 Å². The van der Waals surface area contributed by atoms with Crippen LogP contribution in [0.1, 0.15) is 6.92 Å². The van der Waals surface area contributed by atoms with Crippen LogP contribution in [0.15, 0.2) is 42.7 Å². The maximum atomic E-state index is 5.22. The Bertz CT molecular complexity index is 411. The van der Waals surface area contributed by atoms with Crippen molar-refractivity contribution in [3.63, 3.8) is 0 Å². The van der Waals surface area contributed by atoms with Gasteiger partial charge in [0.05, 0.1) is 24.7 Å². The minimum Gasteiger partial charge on any atom is -0.477 e. The molecule has 0 amide bonds. The molecule has 3 nitrogen and oxygen atoms in total. The van der Waals surface area contributed by atoms with Crippen LogP contribution in [0, 0.1) is 0 Å². The molecule has 0 atom stereocenters. The van der Waals surface area contributed by atoms with Crippen LogP contribution >= 0.6 is 0 Å². The molecule has 0 bridgehead atoms. The third-order valence-corrected chi connectivity index (χ3v) is 1.99. The van der Waals surface area contributed by atoms with Crippen molar-refractivity contribution in [3.05, 3.63) is 42.7 Å². The van der Waals surface area contributed by atoms with Gasteiger partial charge in [-0.25, -0.2) is 9.97 Å². The van der Waals surface area contributed by atoms with Crippen LogP contribution < -0.4 is 4.74 Å². The highest BCUT2D eigenvalue weighted by Crippen LogP contribution is 2.16. The first-order valence-corrected chi connectivity index (χ1v) is 4.90. The SMILES string of the molecule is CCOc1cnc(-c2ccccc2)cn1. The summed E-state index contributed by atoms with van der Waals surface area (Å²) in [5.41, 5.74) is 1.92. The Morgan fingerprint density at radius 1 is 1.07 bits per heavy atom. The lowest BCUT2D eigenvalue weighted by atomic mass is 10.2. The number of nitrogens with zero attached hydrogens (tertiary/aromatic N) is 2. The maximum Gasteiger partial charge on any atom is 0.232 e. The number of hydrogen-bond donors (Lipinski definition) is 0. The van der Waals surface area contributed by atoms with E-state index in [2.05, 4.69) is 9.97 Å². The predicted octanol–water partition coefficient (Wildman–Crippen LogP) is 2.54. The fourth-order valence-electron chi connectivity index (χ4n) is 1.30. The quantitative estimate of drug-likeness (QED) is 0.763. The van der Waals surface area contributed by atoms with Crippen molar-refractivity contribution in [2.45, 2.75) is 6.92 Å². The van der Waals surface area contributed by atoms with Gasteiger partial charge in [0.15, 0.2) is 0 Å². The zero-order chi connectivity index (χ0) is 10.5. The van der Waals surface area contributed by atoms with E-state index in [1.54, 1.807) is 12.4 Å². The first-order chi connectivity index (χ1) is 7.40. The molecule has 76 valence electrons. The van der Waals surface area contributed by atoms with Crippen molar-refractivity contribution in [2.75, 3.05) is 6.61 Å². The molecule has 1 aromatic carbocycles. The van der Waals surface area contributed by atoms with Gasteiger partial charge in [-0.05, 0) is 6.92 Å². The highest BCUT2D eigenvalue weighted by atomic mass is 16.5. The molecule has 1 heterocycles. The van der Waals surface area contributed by atoms with E-state index in [1.165, 1.54) is 0 Å². The highest BCUT2D eigenvalue weighted by molar-refractivity contribution is 5.57. The third kappa shape index (κ3) is 2.31. The lowest BCUT2D eigenvalue weighted by Gasteiger charge is -2.02. The molecule has 2 aromatic rings. The molecule has 0 aliphatic heterocycles. The van der Waals surface area contributed by atoms with Crippen LogP contribution in [0.5, 0.6) is 5.88 Å².